The Bertz CT molecular complexity index is 1730. The average molecular weight is 1020 g/mol. The summed E-state index contributed by atoms with van der Waals surface area (Å²) in [5.41, 5.74) is 5.84. The van der Waals surface area contributed by atoms with E-state index in [1.54, 1.807) is 23.5 Å². The highest BCUT2D eigenvalue weighted by Crippen LogP contribution is 2.51. The van der Waals surface area contributed by atoms with E-state index in [2.05, 4.69) is 164 Å². The summed E-state index contributed by atoms with van der Waals surface area (Å²) in [6.45, 7) is 47.6. The fourth-order valence-electron chi connectivity index (χ4n) is 8.87. The van der Waals surface area contributed by atoms with Crippen molar-refractivity contribution in [3.8, 4) is 0 Å². The zero-order chi connectivity index (χ0) is 48.8. The largest absolute Gasteiger partial charge is 0.479 e. The van der Waals surface area contributed by atoms with Gasteiger partial charge in [0, 0.05) is 22.0 Å². The van der Waals surface area contributed by atoms with Gasteiger partial charge in [-0.2, -0.15) is 0 Å². The van der Waals surface area contributed by atoms with Crippen LogP contribution in [0.3, 0.4) is 0 Å². The SMILES string of the molecule is CCCCC(C)(C)[Si](C)(C)OC(C)(C)[Si](C)(CCc1ccc(CSC(=S)OCC)cc1)CCC(c1ccc(CSC(=S)OCC)cc1)[Si](C)(C)C(C)(C)O[Si](C)(C)C(C)(C)CCCC. The third-order valence-electron chi connectivity index (χ3n) is 16.1. The summed E-state index contributed by atoms with van der Waals surface area (Å²) in [5, 5.41) is -0.0773. The van der Waals surface area contributed by atoms with Crippen molar-refractivity contribution in [2.75, 3.05) is 13.2 Å². The maximum Gasteiger partial charge on any atom is 0.220 e. The van der Waals surface area contributed by atoms with Crippen molar-refractivity contribution in [2.45, 2.75) is 230 Å². The number of ether oxygens (including phenoxy) is 2. The Balaban J connectivity index is 2.69. The second-order valence-electron chi connectivity index (χ2n) is 22.6. The molecule has 0 aliphatic carbocycles. The number of benzene rings is 2. The van der Waals surface area contributed by atoms with E-state index in [9.17, 15) is 0 Å². The van der Waals surface area contributed by atoms with Crippen molar-refractivity contribution in [3.63, 3.8) is 0 Å². The summed E-state index contributed by atoms with van der Waals surface area (Å²) in [6.07, 6.45) is 9.57. The van der Waals surface area contributed by atoms with Gasteiger partial charge in [-0.1, -0.05) is 177 Å². The van der Waals surface area contributed by atoms with E-state index in [1.807, 2.05) is 13.8 Å². The van der Waals surface area contributed by atoms with Gasteiger partial charge in [-0.15, -0.1) is 0 Å². The molecule has 0 N–H and O–H groups in total. The van der Waals surface area contributed by atoms with Crippen molar-refractivity contribution in [1.29, 1.82) is 0 Å². The number of hydrogen-bond acceptors (Lipinski definition) is 8. The van der Waals surface area contributed by atoms with Gasteiger partial charge < -0.3 is 18.3 Å². The lowest BCUT2D eigenvalue weighted by Crippen LogP contribution is -2.63. The molecule has 12 heteroatoms. The normalized spacial score (nSPS) is 14.9. The van der Waals surface area contributed by atoms with Crippen molar-refractivity contribution in [3.05, 3.63) is 70.8 Å². The first-order chi connectivity index (χ1) is 29.5. The maximum atomic E-state index is 7.78. The molecule has 0 aliphatic rings. The Labute approximate surface area is 418 Å². The van der Waals surface area contributed by atoms with Crippen LogP contribution in [0.2, 0.25) is 68.0 Å². The molecule has 0 heterocycles. The summed E-state index contributed by atoms with van der Waals surface area (Å²) in [6, 6.07) is 21.2. The van der Waals surface area contributed by atoms with Crippen LogP contribution in [0.5, 0.6) is 0 Å². The standard InChI is InChI=1S/C52H94O4S4Si4/c1-20-24-36-49(5,6)62(15,16)55-51(9,10)61(13,14)46(45-32-30-44(31-33-45)41-60-48(58)54-23-4)35-39-64(19,52(11,12)56-63(17,18)50(7,8)37-25-21-2)38-34-42-26-28-43(29-27-42)40-59-47(57)53-22-3/h26-33,46H,20-25,34-41H2,1-19H3. The van der Waals surface area contributed by atoms with Crippen LogP contribution in [-0.4, -0.2) is 65.2 Å². The second-order valence-corrected chi connectivity index (χ2v) is 45.6. The minimum Gasteiger partial charge on any atom is -0.479 e. The molecule has 0 aromatic heterocycles. The molecular weight excluding hydrogens is 929 g/mol. The Morgan fingerprint density at radius 3 is 1.36 bits per heavy atom. The molecule has 2 aromatic rings. The Kier molecular flexibility index (Phi) is 23.9. The van der Waals surface area contributed by atoms with Crippen LogP contribution < -0.4 is 0 Å². The summed E-state index contributed by atoms with van der Waals surface area (Å²) in [5.74, 6) is 1.65. The number of hydrogen-bond donors (Lipinski definition) is 0. The van der Waals surface area contributed by atoms with Crippen LogP contribution in [0, 0.1) is 0 Å². The highest BCUT2D eigenvalue weighted by Gasteiger charge is 2.54. The third-order valence-corrected chi connectivity index (χ3v) is 39.5. The fraction of sp³-hybridized carbons (Fsp3) is 0.731. The number of unbranched alkanes of at least 4 members (excludes halogenated alkanes) is 2. The molecule has 4 nitrogen and oxygen atoms in total. The number of thiocarbonyl (C=S) groups is 2. The Hall–Kier alpha value is -0.292. The number of rotatable bonds is 28. The molecule has 0 saturated carbocycles. The molecule has 0 amide bonds. The molecule has 0 saturated heterocycles. The van der Waals surface area contributed by atoms with Gasteiger partial charge in [0.2, 0.25) is 8.77 Å². The molecule has 366 valence electrons. The van der Waals surface area contributed by atoms with E-state index < -0.39 is 32.8 Å². The summed E-state index contributed by atoms with van der Waals surface area (Å²) < 4.78 is 27.9. The van der Waals surface area contributed by atoms with Gasteiger partial charge in [0.1, 0.15) is 0 Å². The van der Waals surface area contributed by atoms with E-state index in [0.29, 0.717) is 27.5 Å². The maximum absolute atomic E-state index is 7.78. The van der Waals surface area contributed by atoms with Crippen LogP contribution >= 0.6 is 48.0 Å². The molecule has 2 atom stereocenters. The molecule has 0 bridgehead atoms. The number of thioether (sulfide) groups is 2. The van der Waals surface area contributed by atoms with Crippen molar-refractivity contribution < 1.29 is 18.3 Å². The smallest absolute Gasteiger partial charge is 0.220 e. The van der Waals surface area contributed by atoms with Gasteiger partial charge in [0.15, 0.2) is 16.6 Å². The Morgan fingerprint density at radius 1 is 0.562 bits per heavy atom. The van der Waals surface area contributed by atoms with Gasteiger partial charge in [-0.05, 0) is 149 Å². The average Bonchev–Trinajstić information content (AvgIpc) is 3.20. The minimum absolute atomic E-state index is 0.181. The van der Waals surface area contributed by atoms with Crippen LogP contribution in [0.15, 0.2) is 48.5 Å². The van der Waals surface area contributed by atoms with E-state index in [-0.39, 0.29) is 20.5 Å². The van der Waals surface area contributed by atoms with Crippen molar-refractivity contribution in [1.82, 2.24) is 0 Å². The third kappa shape index (κ3) is 17.0. The highest BCUT2D eigenvalue weighted by molar-refractivity contribution is 8.22. The van der Waals surface area contributed by atoms with Crippen LogP contribution in [0.1, 0.15) is 156 Å². The predicted molar refractivity (Wildman–Crippen MR) is 306 cm³/mol. The molecule has 64 heavy (non-hydrogen) atoms. The molecule has 0 spiro atoms. The zero-order valence-corrected chi connectivity index (χ0v) is 51.6. The van der Waals surface area contributed by atoms with Crippen molar-refractivity contribution in [2.24, 2.45) is 0 Å². The van der Waals surface area contributed by atoms with Gasteiger partial charge in [-0.25, -0.2) is 0 Å². The summed E-state index contributed by atoms with van der Waals surface area (Å²) in [7, 11) is -8.64. The quantitative estimate of drug-likeness (QED) is 0.0617. The van der Waals surface area contributed by atoms with Gasteiger partial charge in [0.25, 0.3) is 0 Å². The lowest BCUT2D eigenvalue weighted by Gasteiger charge is -2.54. The van der Waals surface area contributed by atoms with Gasteiger partial charge >= 0.3 is 0 Å². The fourth-order valence-corrected chi connectivity index (χ4v) is 25.3. The lowest BCUT2D eigenvalue weighted by atomic mass is 10.1. The molecule has 0 fully saturated rings. The van der Waals surface area contributed by atoms with Gasteiger partial charge in [0.05, 0.1) is 29.4 Å². The van der Waals surface area contributed by atoms with Crippen molar-refractivity contribution >= 4 is 89.5 Å². The lowest BCUT2D eigenvalue weighted by molar-refractivity contribution is 0.156. The predicted octanol–water partition coefficient (Wildman–Crippen LogP) is 17.9. The van der Waals surface area contributed by atoms with Crippen LogP contribution in [-0.2, 0) is 36.3 Å². The molecule has 0 aliphatic heterocycles. The number of aryl methyl sites for hydroxylation is 1. The molecule has 2 rings (SSSR count). The van der Waals surface area contributed by atoms with E-state index in [0.717, 1.165) is 24.3 Å². The monoisotopic (exact) mass is 1020 g/mol. The topological polar surface area (TPSA) is 36.9 Å². The summed E-state index contributed by atoms with van der Waals surface area (Å²) >= 11 is 14.1. The summed E-state index contributed by atoms with van der Waals surface area (Å²) in [4.78, 5) is 0. The second kappa shape index (κ2) is 25.5. The van der Waals surface area contributed by atoms with Gasteiger partial charge in [-0.3, -0.25) is 0 Å². The minimum atomic E-state index is -2.21. The highest BCUT2D eigenvalue weighted by atomic mass is 32.2. The Morgan fingerprint density at radius 2 is 0.953 bits per heavy atom. The van der Waals surface area contributed by atoms with E-state index in [4.69, 9.17) is 42.8 Å². The first kappa shape index (κ1) is 59.8. The van der Waals surface area contributed by atoms with Crippen LogP contribution in [0.25, 0.3) is 0 Å². The van der Waals surface area contributed by atoms with Crippen LogP contribution in [0.4, 0.5) is 0 Å². The molecule has 2 unspecified atom stereocenters. The van der Waals surface area contributed by atoms with E-state index in [1.165, 1.54) is 72.9 Å². The first-order valence-electron chi connectivity index (χ1n) is 24.6. The molecule has 2 aromatic carbocycles. The van der Waals surface area contributed by atoms with E-state index >= 15 is 0 Å². The first-order valence-corrected chi connectivity index (χ1v) is 39.2. The molecule has 0 radical (unpaired) electrons. The zero-order valence-electron chi connectivity index (χ0n) is 44.4. The molecular formula is C52H94O4S4Si4.